The second-order valence-electron chi connectivity index (χ2n) is 4.00. The van der Waals surface area contributed by atoms with E-state index in [1.54, 1.807) is 6.07 Å². The van der Waals surface area contributed by atoms with Crippen LogP contribution in [0.4, 0.5) is 5.82 Å². The molecule has 0 saturated heterocycles. The lowest BCUT2D eigenvalue weighted by atomic mass is 9.97. The summed E-state index contributed by atoms with van der Waals surface area (Å²) in [5, 5.41) is 3.10. The van der Waals surface area contributed by atoms with Gasteiger partial charge >= 0.3 is 5.97 Å². The molecule has 0 atom stereocenters. The number of benzene rings is 1. The summed E-state index contributed by atoms with van der Waals surface area (Å²) in [5.74, 6) is 0.000245. The number of rotatable bonds is 4. The van der Waals surface area contributed by atoms with Crippen LogP contribution in [-0.2, 0) is 11.3 Å². The van der Waals surface area contributed by atoms with E-state index in [9.17, 15) is 4.79 Å². The summed E-state index contributed by atoms with van der Waals surface area (Å²) in [4.78, 5) is 15.8. The van der Waals surface area contributed by atoms with Crippen LogP contribution in [0, 0.1) is 0 Å². The molecule has 2 radical (unpaired) electrons. The average Bonchev–Trinajstić information content (AvgIpc) is 2.46. The molecule has 94 valence electrons. The Balaban J connectivity index is 2.18. The van der Waals surface area contributed by atoms with E-state index in [1.807, 2.05) is 30.3 Å². The van der Waals surface area contributed by atoms with Crippen LogP contribution >= 0.6 is 0 Å². The highest BCUT2D eigenvalue weighted by atomic mass is 16.5. The van der Waals surface area contributed by atoms with Gasteiger partial charge in [-0.3, -0.25) is 0 Å². The van der Waals surface area contributed by atoms with Gasteiger partial charge in [-0.05, 0) is 11.6 Å². The first kappa shape index (κ1) is 13.1. The summed E-state index contributed by atoms with van der Waals surface area (Å²) in [6.45, 7) is 0.571. The van der Waals surface area contributed by atoms with Crippen LogP contribution in [0.5, 0.6) is 0 Å². The molecule has 2 rings (SSSR count). The number of ether oxygens (including phenoxy) is 1. The van der Waals surface area contributed by atoms with Crippen molar-refractivity contribution in [3.05, 3.63) is 53.7 Å². The molecular formula is C14H13BN2O2. The number of hydrogen-bond donors (Lipinski definition) is 1. The van der Waals surface area contributed by atoms with E-state index in [0.29, 0.717) is 23.4 Å². The van der Waals surface area contributed by atoms with Crippen molar-refractivity contribution in [2.24, 2.45) is 0 Å². The number of carbonyl (C=O) groups excluding carboxylic acids is 1. The van der Waals surface area contributed by atoms with Gasteiger partial charge < -0.3 is 10.1 Å². The van der Waals surface area contributed by atoms with Gasteiger partial charge in [0.25, 0.3) is 0 Å². The minimum absolute atomic E-state index is 0.332. The van der Waals surface area contributed by atoms with Gasteiger partial charge in [0.1, 0.15) is 19.2 Å². The van der Waals surface area contributed by atoms with Crippen LogP contribution in [0.25, 0.3) is 0 Å². The van der Waals surface area contributed by atoms with E-state index >= 15 is 0 Å². The van der Waals surface area contributed by atoms with Gasteiger partial charge in [-0.1, -0.05) is 35.8 Å². The first-order valence-corrected chi connectivity index (χ1v) is 5.82. The number of nitrogens with one attached hydrogen (secondary N) is 1. The molecule has 1 aromatic heterocycles. The number of hydrogen-bond acceptors (Lipinski definition) is 4. The summed E-state index contributed by atoms with van der Waals surface area (Å²) in [6.07, 6.45) is 1.50. The second-order valence-corrected chi connectivity index (χ2v) is 4.00. The Labute approximate surface area is 113 Å². The minimum atomic E-state index is -0.463. The highest BCUT2D eigenvalue weighted by Gasteiger charge is 2.12. The molecule has 0 amide bonds. The lowest BCUT2D eigenvalue weighted by molar-refractivity contribution is 0.0601. The Kier molecular flexibility index (Phi) is 4.18. The topological polar surface area (TPSA) is 51.2 Å². The first-order valence-electron chi connectivity index (χ1n) is 5.82. The smallest absolute Gasteiger partial charge is 0.341 e. The van der Waals surface area contributed by atoms with Crippen LogP contribution in [0.3, 0.4) is 0 Å². The van der Waals surface area contributed by atoms with Crippen LogP contribution in [0.15, 0.2) is 42.6 Å². The molecule has 1 N–H and O–H groups in total. The van der Waals surface area contributed by atoms with Crippen LogP contribution in [-0.4, -0.2) is 25.9 Å². The summed E-state index contributed by atoms with van der Waals surface area (Å²) in [7, 11) is 6.96. The maximum absolute atomic E-state index is 11.6. The van der Waals surface area contributed by atoms with E-state index in [0.717, 1.165) is 5.56 Å². The van der Waals surface area contributed by atoms with Crippen molar-refractivity contribution < 1.29 is 9.53 Å². The van der Waals surface area contributed by atoms with Gasteiger partial charge in [-0.15, -0.1) is 0 Å². The largest absolute Gasteiger partial charge is 0.465 e. The van der Waals surface area contributed by atoms with E-state index in [-0.39, 0.29) is 0 Å². The van der Waals surface area contributed by atoms with Crippen LogP contribution < -0.4 is 10.8 Å². The highest BCUT2D eigenvalue weighted by molar-refractivity contribution is 6.32. The summed E-state index contributed by atoms with van der Waals surface area (Å²) in [6, 6.07) is 11.4. The minimum Gasteiger partial charge on any atom is -0.465 e. The van der Waals surface area contributed by atoms with Crippen molar-refractivity contribution >= 4 is 25.1 Å². The third kappa shape index (κ3) is 3.34. The first-order chi connectivity index (χ1) is 9.20. The number of nitrogens with zero attached hydrogens (tertiary/aromatic N) is 1. The predicted molar refractivity (Wildman–Crippen MR) is 74.7 cm³/mol. The molecule has 0 fully saturated rings. The normalized spacial score (nSPS) is 9.95. The fourth-order valence-electron chi connectivity index (χ4n) is 1.67. The van der Waals surface area contributed by atoms with Gasteiger partial charge in [0.2, 0.25) is 0 Å². The standard InChI is InChI=1S/C14H13BN2O2/c1-19-14(18)12-7-11(15)9-17-13(12)16-8-10-5-3-2-4-6-10/h2-7,9H,8H2,1H3,(H,16,17). The SMILES string of the molecule is [B]c1cnc(NCc2ccccc2)c(C(=O)OC)c1. The van der Waals surface area contributed by atoms with Crippen LogP contribution in [0.1, 0.15) is 15.9 Å². The Morgan fingerprint density at radius 1 is 1.37 bits per heavy atom. The van der Waals surface area contributed by atoms with Crippen molar-refractivity contribution in [1.29, 1.82) is 0 Å². The number of aromatic nitrogens is 1. The van der Waals surface area contributed by atoms with Crippen LogP contribution in [0.2, 0.25) is 0 Å². The fraction of sp³-hybridized carbons (Fsp3) is 0.143. The lowest BCUT2D eigenvalue weighted by Gasteiger charge is -2.10. The zero-order valence-corrected chi connectivity index (χ0v) is 10.6. The van der Waals surface area contributed by atoms with Gasteiger partial charge in [0.05, 0.1) is 7.11 Å². The highest BCUT2D eigenvalue weighted by Crippen LogP contribution is 2.13. The monoisotopic (exact) mass is 252 g/mol. The Morgan fingerprint density at radius 2 is 2.11 bits per heavy atom. The van der Waals surface area contributed by atoms with E-state index in [4.69, 9.17) is 12.6 Å². The third-order valence-electron chi connectivity index (χ3n) is 2.62. The molecule has 0 aliphatic rings. The predicted octanol–water partition coefficient (Wildman–Crippen LogP) is 1.27. The van der Waals surface area contributed by atoms with Crippen molar-refractivity contribution in [2.45, 2.75) is 6.54 Å². The molecule has 0 bridgehead atoms. The fourth-order valence-corrected chi connectivity index (χ4v) is 1.67. The average molecular weight is 252 g/mol. The number of methoxy groups -OCH3 is 1. The number of esters is 1. The number of anilines is 1. The maximum atomic E-state index is 11.6. The molecule has 4 nitrogen and oxygen atoms in total. The molecule has 0 spiro atoms. The third-order valence-corrected chi connectivity index (χ3v) is 2.62. The molecule has 0 saturated carbocycles. The van der Waals surface area contributed by atoms with Crippen molar-refractivity contribution in [1.82, 2.24) is 4.98 Å². The lowest BCUT2D eigenvalue weighted by Crippen LogP contribution is -2.15. The quantitative estimate of drug-likeness (QED) is 0.657. The molecule has 19 heavy (non-hydrogen) atoms. The Morgan fingerprint density at radius 3 is 2.79 bits per heavy atom. The molecule has 0 unspecified atom stereocenters. The maximum Gasteiger partial charge on any atom is 0.341 e. The van der Waals surface area contributed by atoms with E-state index in [1.165, 1.54) is 13.3 Å². The Hall–Kier alpha value is -2.30. The molecular weight excluding hydrogens is 239 g/mol. The van der Waals surface area contributed by atoms with Crippen molar-refractivity contribution in [2.75, 3.05) is 12.4 Å². The molecule has 1 aromatic carbocycles. The number of pyridine rings is 1. The molecule has 2 aromatic rings. The summed E-state index contributed by atoms with van der Waals surface area (Å²) < 4.78 is 4.71. The van der Waals surface area contributed by atoms with Gasteiger partial charge in [0.15, 0.2) is 0 Å². The second kappa shape index (κ2) is 6.04. The van der Waals surface area contributed by atoms with Gasteiger partial charge in [-0.2, -0.15) is 0 Å². The molecule has 0 aliphatic carbocycles. The van der Waals surface area contributed by atoms with Crippen molar-refractivity contribution in [3.63, 3.8) is 0 Å². The van der Waals surface area contributed by atoms with Crippen molar-refractivity contribution in [3.8, 4) is 0 Å². The Bertz CT molecular complexity index is 573. The van der Waals surface area contributed by atoms with E-state index in [2.05, 4.69) is 10.3 Å². The summed E-state index contributed by atoms with van der Waals surface area (Å²) in [5.41, 5.74) is 1.85. The molecule has 1 heterocycles. The van der Waals surface area contributed by atoms with Gasteiger partial charge in [0, 0.05) is 12.7 Å². The van der Waals surface area contributed by atoms with E-state index < -0.39 is 5.97 Å². The molecule has 5 heteroatoms. The van der Waals surface area contributed by atoms with Gasteiger partial charge in [-0.25, -0.2) is 9.78 Å². The molecule has 0 aliphatic heterocycles. The zero-order chi connectivity index (χ0) is 13.7. The number of carbonyl (C=O) groups is 1. The summed E-state index contributed by atoms with van der Waals surface area (Å²) >= 11 is 0. The zero-order valence-electron chi connectivity index (χ0n) is 10.6.